The quantitative estimate of drug-likeness (QED) is 0.920. The highest BCUT2D eigenvalue weighted by atomic mass is 19.1. The van der Waals surface area contributed by atoms with Crippen LogP contribution in [0.2, 0.25) is 0 Å². The van der Waals surface area contributed by atoms with Crippen LogP contribution in [0.1, 0.15) is 35.5 Å². The Labute approximate surface area is 124 Å². The van der Waals surface area contributed by atoms with Crippen LogP contribution < -0.4 is 10.1 Å². The maximum Gasteiger partial charge on any atom is 0.170 e. The Morgan fingerprint density at radius 2 is 2.10 bits per heavy atom. The van der Waals surface area contributed by atoms with Crippen LogP contribution in [0.15, 0.2) is 18.2 Å². The number of ether oxygens (including phenoxy) is 1. The molecule has 0 aliphatic rings. The van der Waals surface area contributed by atoms with E-state index in [0.717, 1.165) is 23.5 Å². The summed E-state index contributed by atoms with van der Waals surface area (Å²) in [5, 5.41) is 7.79. The van der Waals surface area contributed by atoms with Crippen molar-refractivity contribution in [1.29, 1.82) is 0 Å². The van der Waals surface area contributed by atoms with E-state index in [1.807, 2.05) is 38.6 Å². The van der Waals surface area contributed by atoms with Crippen molar-refractivity contribution in [2.24, 2.45) is 7.05 Å². The van der Waals surface area contributed by atoms with Gasteiger partial charge in [-0.2, -0.15) is 5.10 Å². The maximum atomic E-state index is 14.6. The topological polar surface area (TPSA) is 39.1 Å². The van der Waals surface area contributed by atoms with Gasteiger partial charge in [0.05, 0.1) is 18.8 Å². The molecule has 5 heteroatoms. The number of rotatable bonds is 5. The van der Waals surface area contributed by atoms with Gasteiger partial charge in [-0.25, -0.2) is 4.39 Å². The summed E-state index contributed by atoms with van der Waals surface area (Å²) in [6.45, 7) is 6.68. The Kier molecular flexibility index (Phi) is 4.63. The van der Waals surface area contributed by atoms with Crippen molar-refractivity contribution < 1.29 is 9.13 Å². The normalized spacial score (nSPS) is 12.5. The number of hydrogen-bond acceptors (Lipinski definition) is 3. The van der Waals surface area contributed by atoms with Gasteiger partial charge in [-0.15, -0.1) is 0 Å². The van der Waals surface area contributed by atoms with Crippen LogP contribution in [-0.4, -0.2) is 23.4 Å². The van der Waals surface area contributed by atoms with Crippen molar-refractivity contribution in [3.63, 3.8) is 0 Å². The molecule has 2 rings (SSSR count). The van der Waals surface area contributed by atoms with E-state index in [9.17, 15) is 4.39 Å². The number of methoxy groups -OCH3 is 1. The fourth-order valence-electron chi connectivity index (χ4n) is 2.69. The minimum atomic E-state index is -0.325. The number of benzene rings is 1. The van der Waals surface area contributed by atoms with Crippen LogP contribution >= 0.6 is 0 Å². The first-order valence-corrected chi connectivity index (χ1v) is 7.07. The first-order chi connectivity index (χ1) is 10.0. The number of nitrogens with one attached hydrogen (secondary N) is 1. The summed E-state index contributed by atoms with van der Waals surface area (Å²) in [7, 11) is 3.38. The van der Waals surface area contributed by atoms with Gasteiger partial charge < -0.3 is 10.1 Å². The second-order valence-electron chi connectivity index (χ2n) is 5.06. The highest BCUT2D eigenvalue weighted by Gasteiger charge is 2.25. The molecule has 0 saturated heterocycles. The second kappa shape index (κ2) is 6.26. The minimum absolute atomic E-state index is 0.237. The molecule has 0 saturated carbocycles. The third-order valence-electron chi connectivity index (χ3n) is 3.79. The van der Waals surface area contributed by atoms with Crippen LogP contribution in [0.3, 0.4) is 0 Å². The molecule has 21 heavy (non-hydrogen) atoms. The summed E-state index contributed by atoms with van der Waals surface area (Å²) in [5.41, 5.74) is 3.53. The van der Waals surface area contributed by atoms with Crippen LogP contribution in [0.4, 0.5) is 4.39 Å². The molecule has 0 aliphatic heterocycles. The minimum Gasteiger partial charge on any atom is -0.494 e. The van der Waals surface area contributed by atoms with E-state index < -0.39 is 0 Å². The number of aromatic nitrogens is 2. The molecule has 1 unspecified atom stereocenters. The molecule has 0 aliphatic carbocycles. The third kappa shape index (κ3) is 2.78. The van der Waals surface area contributed by atoms with Crippen LogP contribution in [0.25, 0.3) is 0 Å². The van der Waals surface area contributed by atoms with E-state index in [-0.39, 0.29) is 17.6 Å². The summed E-state index contributed by atoms with van der Waals surface area (Å²) in [6, 6.07) is 4.99. The Morgan fingerprint density at radius 1 is 1.38 bits per heavy atom. The lowest BCUT2D eigenvalue weighted by atomic mass is 9.96. The fraction of sp³-hybridized carbons (Fsp3) is 0.438. The second-order valence-corrected chi connectivity index (χ2v) is 5.06. The molecule has 0 radical (unpaired) electrons. The molecule has 1 aromatic heterocycles. The summed E-state index contributed by atoms with van der Waals surface area (Å²) < 4.78 is 21.5. The Balaban J connectivity index is 2.59. The molecule has 114 valence electrons. The van der Waals surface area contributed by atoms with Crippen LogP contribution in [-0.2, 0) is 7.05 Å². The van der Waals surface area contributed by atoms with E-state index in [0.29, 0.717) is 5.56 Å². The molecule has 0 fully saturated rings. The van der Waals surface area contributed by atoms with Gasteiger partial charge >= 0.3 is 0 Å². The van der Waals surface area contributed by atoms with Crippen LogP contribution in [0, 0.1) is 19.7 Å². The van der Waals surface area contributed by atoms with E-state index in [2.05, 4.69) is 10.4 Å². The standard InChI is InChI=1S/C16H22FN3O/c1-6-18-16(14-10(2)19-20(4)11(14)3)12-8-7-9-13(21-5)15(12)17/h7-9,16,18H,6H2,1-5H3. The first kappa shape index (κ1) is 15.5. The lowest BCUT2D eigenvalue weighted by Crippen LogP contribution is -2.24. The number of aryl methyl sites for hydroxylation is 2. The largest absolute Gasteiger partial charge is 0.494 e. The average Bonchev–Trinajstić information content (AvgIpc) is 2.71. The molecule has 1 heterocycles. The van der Waals surface area contributed by atoms with E-state index in [1.165, 1.54) is 7.11 Å². The highest BCUT2D eigenvalue weighted by molar-refractivity contribution is 5.41. The summed E-state index contributed by atoms with van der Waals surface area (Å²) in [4.78, 5) is 0. The van der Waals surface area contributed by atoms with Gasteiger partial charge in [0, 0.05) is 23.9 Å². The van der Waals surface area contributed by atoms with Crippen LogP contribution in [0.5, 0.6) is 5.75 Å². The molecule has 1 atom stereocenters. The van der Waals surface area contributed by atoms with E-state index in [1.54, 1.807) is 12.1 Å². The van der Waals surface area contributed by atoms with Crippen molar-refractivity contribution in [3.8, 4) is 5.75 Å². The maximum absolute atomic E-state index is 14.6. The van der Waals surface area contributed by atoms with Gasteiger partial charge in [0.25, 0.3) is 0 Å². The SMILES string of the molecule is CCNC(c1cccc(OC)c1F)c1c(C)nn(C)c1C. The van der Waals surface area contributed by atoms with E-state index in [4.69, 9.17) is 4.74 Å². The lowest BCUT2D eigenvalue weighted by Gasteiger charge is -2.21. The van der Waals surface area contributed by atoms with Crippen molar-refractivity contribution >= 4 is 0 Å². The summed E-state index contributed by atoms with van der Waals surface area (Å²) in [5.74, 6) is -0.0665. The predicted molar refractivity (Wildman–Crippen MR) is 81.2 cm³/mol. The zero-order valence-corrected chi connectivity index (χ0v) is 13.2. The lowest BCUT2D eigenvalue weighted by molar-refractivity contribution is 0.381. The molecule has 0 amide bonds. The van der Waals surface area contributed by atoms with Gasteiger partial charge in [0.1, 0.15) is 0 Å². The summed E-state index contributed by atoms with van der Waals surface area (Å²) >= 11 is 0. The molecule has 4 nitrogen and oxygen atoms in total. The summed E-state index contributed by atoms with van der Waals surface area (Å²) in [6.07, 6.45) is 0. The number of hydrogen-bond donors (Lipinski definition) is 1. The molecular weight excluding hydrogens is 269 g/mol. The van der Waals surface area contributed by atoms with Gasteiger partial charge in [-0.05, 0) is 26.5 Å². The monoisotopic (exact) mass is 291 g/mol. The molecule has 0 spiro atoms. The van der Waals surface area contributed by atoms with Crippen molar-refractivity contribution in [2.45, 2.75) is 26.8 Å². The predicted octanol–water partition coefficient (Wildman–Crippen LogP) is 2.88. The fourth-order valence-corrected chi connectivity index (χ4v) is 2.69. The van der Waals surface area contributed by atoms with Crippen molar-refractivity contribution in [3.05, 3.63) is 46.5 Å². The van der Waals surface area contributed by atoms with Crippen molar-refractivity contribution in [1.82, 2.24) is 15.1 Å². The Hall–Kier alpha value is -1.88. The third-order valence-corrected chi connectivity index (χ3v) is 3.79. The zero-order valence-electron chi connectivity index (χ0n) is 13.2. The van der Waals surface area contributed by atoms with Gasteiger partial charge in [-0.1, -0.05) is 19.1 Å². The zero-order chi connectivity index (χ0) is 15.6. The Bertz CT molecular complexity index is 637. The molecule has 1 aromatic carbocycles. The average molecular weight is 291 g/mol. The highest BCUT2D eigenvalue weighted by Crippen LogP contribution is 2.32. The van der Waals surface area contributed by atoms with Gasteiger partial charge in [-0.3, -0.25) is 4.68 Å². The first-order valence-electron chi connectivity index (χ1n) is 7.07. The molecule has 2 aromatic rings. The van der Waals surface area contributed by atoms with Gasteiger partial charge in [0.2, 0.25) is 0 Å². The van der Waals surface area contributed by atoms with Crippen molar-refractivity contribution in [2.75, 3.05) is 13.7 Å². The molecule has 0 bridgehead atoms. The van der Waals surface area contributed by atoms with Gasteiger partial charge in [0.15, 0.2) is 11.6 Å². The van der Waals surface area contributed by atoms with E-state index >= 15 is 0 Å². The number of nitrogens with zero attached hydrogens (tertiary/aromatic N) is 2. The number of halogens is 1. The Morgan fingerprint density at radius 3 is 2.62 bits per heavy atom. The molecule has 1 N–H and O–H groups in total. The smallest absolute Gasteiger partial charge is 0.170 e. The molecular formula is C16H22FN3O.